The molecule has 0 saturated carbocycles. The first-order valence-electron chi connectivity index (χ1n) is 5.89. The van der Waals surface area contributed by atoms with E-state index in [1.807, 2.05) is 0 Å². The highest BCUT2D eigenvalue weighted by Crippen LogP contribution is 2.29. The second-order valence-corrected chi connectivity index (χ2v) is 6.68. The monoisotopic (exact) mass is 276 g/mol. The molecule has 1 fully saturated rings. The van der Waals surface area contributed by atoms with Crippen molar-refractivity contribution < 1.29 is 19.8 Å². The lowest BCUT2D eigenvalue weighted by Crippen LogP contribution is -2.53. The Bertz CT molecular complexity index is 322. The highest BCUT2D eigenvalue weighted by Gasteiger charge is 2.31. The Labute approximate surface area is 111 Å². The third kappa shape index (κ3) is 4.38. The van der Waals surface area contributed by atoms with Crippen molar-refractivity contribution >= 4 is 23.8 Å². The van der Waals surface area contributed by atoms with Crippen LogP contribution >= 0.6 is 11.8 Å². The fourth-order valence-corrected chi connectivity index (χ4v) is 2.93. The first-order valence-corrected chi connectivity index (χ1v) is 6.87. The van der Waals surface area contributed by atoms with Gasteiger partial charge in [-0.3, -0.25) is 0 Å². The Morgan fingerprint density at radius 1 is 1.50 bits per heavy atom. The summed E-state index contributed by atoms with van der Waals surface area (Å²) in [6.07, 6.45) is 0.0209. The number of hydrogen-bond acceptors (Lipinski definition) is 4. The van der Waals surface area contributed by atoms with E-state index in [0.29, 0.717) is 13.1 Å². The van der Waals surface area contributed by atoms with Crippen LogP contribution in [0.25, 0.3) is 0 Å². The number of nitrogens with one attached hydrogen (secondary N) is 1. The van der Waals surface area contributed by atoms with E-state index in [0.717, 1.165) is 5.75 Å². The average molecular weight is 276 g/mol. The molecule has 104 valence electrons. The zero-order valence-corrected chi connectivity index (χ0v) is 11.5. The van der Waals surface area contributed by atoms with Crippen molar-refractivity contribution in [1.29, 1.82) is 0 Å². The summed E-state index contributed by atoms with van der Waals surface area (Å²) in [7, 11) is 0. The second-order valence-electron chi connectivity index (χ2n) is 4.88. The van der Waals surface area contributed by atoms with Crippen LogP contribution in [0.5, 0.6) is 0 Å². The van der Waals surface area contributed by atoms with Crippen molar-refractivity contribution in [3.8, 4) is 0 Å². The largest absolute Gasteiger partial charge is 0.480 e. The molecule has 0 spiro atoms. The minimum absolute atomic E-state index is 0.00864. The minimum Gasteiger partial charge on any atom is -0.480 e. The van der Waals surface area contributed by atoms with Gasteiger partial charge in [-0.15, -0.1) is 0 Å². The van der Waals surface area contributed by atoms with Gasteiger partial charge in [0, 0.05) is 36.6 Å². The van der Waals surface area contributed by atoms with Crippen molar-refractivity contribution in [1.82, 2.24) is 10.2 Å². The zero-order valence-electron chi connectivity index (χ0n) is 10.7. The maximum Gasteiger partial charge on any atom is 0.326 e. The smallest absolute Gasteiger partial charge is 0.326 e. The van der Waals surface area contributed by atoms with E-state index in [1.165, 1.54) is 0 Å². The average Bonchev–Trinajstić information content (AvgIpc) is 2.26. The molecule has 1 atom stereocenters. The first kappa shape index (κ1) is 15.1. The molecule has 0 bridgehead atoms. The standard InChI is InChI=1S/C11H20N2O4S/c1-11(2)7-13(4-6-18-11)10(17)12-8(3-5-14)9(15)16/h8,14H,3-7H2,1-2H3,(H,12,17)(H,15,16)/t8-/m1/s1. The summed E-state index contributed by atoms with van der Waals surface area (Å²) in [6.45, 7) is 5.05. The number of amides is 2. The van der Waals surface area contributed by atoms with E-state index >= 15 is 0 Å². The van der Waals surface area contributed by atoms with Crippen LogP contribution in [0, 0.1) is 0 Å². The van der Waals surface area contributed by atoms with Gasteiger partial charge in [0.05, 0.1) is 0 Å². The molecule has 1 aliphatic rings. The lowest BCUT2D eigenvalue weighted by atomic mass is 10.2. The van der Waals surface area contributed by atoms with Crippen LogP contribution < -0.4 is 5.32 Å². The fourth-order valence-electron chi connectivity index (χ4n) is 1.82. The Hall–Kier alpha value is -0.950. The summed E-state index contributed by atoms with van der Waals surface area (Å²) in [6, 6.07) is -1.40. The van der Waals surface area contributed by atoms with Gasteiger partial charge in [0.1, 0.15) is 6.04 Å². The van der Waals surface area contributed by atoms with Gasteiger partial charge in [-0.1, -0.05) is 0 Å². The second kappa shape index (κ2) is 6.29. The van der Waals surface area contributed by atoms with Crippen molar-refractivity contribution in [2.45, 2.75) is 31.1 Å². The van der Waals surface area contributed by atoms with Gasteiger partial charge in [0.15, 0.2) is 0 Å². The van der Waals surface area contributed by atoms with Crippen LogP contribution in [0.2, 0.25) is 0 Å². The molecule has 0 unspecified atom stereocenters. The molecule has 2 amide bonds. The molecule has 18 heavy (non-hydrogen) atoms. The lowest BCUT2D eigenvalue weighted by molar-refractivity contribution is -0.139. The highest BCUT2D eigenvalue weighted by molar-refractivity contribution is 8.00. The normalized spacial score (nSPS) is 20.3. The predicted octanol–water partition coefficient (Wildman–Crippen LogP) is 0.359. The van der Waals surface area contributed by atoms with Gasteiger partial charge in [0.25, 0.3) is 0 Å². The molecule has 0 radical (unpaired) electrons. The van der Waals surface area contributed by atoms with Crippen LogP contribution in [0.3, 0.4) is 0 Å². The molecule has 0 aromatic rings. The third-order valence-corrected chi connectivity index (χ3v) is 4.02. The molecule has 6 nitrogen and oxygen atoms in total. The molecule has 7 heteroatoms. The predicted molar refractivity (Wildman–Crippen MR) is 69.8 cm³/mol. The third-order valence-electron chi connectivity index (χ3n) is 2.73. The number of carbonyl (C=O) groups is 2. The maximum atomic E-state index is 11.9. The molecular formula is C11H20N2O4S. The number of aliphatic hydroxyl groups is 1. The van der Waals surface area contributed by atoms with Crippen LogP contribution in [-0.4, -0.2) is 63.4 Å². The summed E-state index contributed by atoms with van der Waals surface area (Å²) < 4.78 is -0.00864. The Morgan fingerprint density at radius 3 is 2.67 bits per heavy atom. The molecular weight excluding hydrogens is 256 g/mol. The summed E-state index contributed by atoms with van der Waals surface area (Å²) in [5.74, 6) is -0.277. The van der Waals surface area contributed by atoms with Crippen LogP contribution in [0.1, 0.15) is 20.3 Å². The molecule has 0 aromatic carbocycles. The number of aliphatic hydroxyl groups excluding tert-OH is 1. The van der Waals surface area contributed by atoms with Gasteiger partial charge in [0.2, 0.25) is 0 Å². The Balaban J connectivity index is 2.55. The summed E-state index contributed by atoms with van der Waals surface area (Å²) in [5, 5.41) is 20.1. The van der Waals surface area contributed by atoms with E-state index in [9.17, 15) is 9.59 Å². The SMILES string of the molecule is CC1(C)CN(C(=O)N[C@H](CCO)C(=O)O)CCS1. The first-order chi connectivity index (χ1) is 8.35. The van der Waals surface area contributed by atoms with Crippen molar-refractivity contribution in [3.05, 3.63) is 0 Å². The number of thioether (sulfide) groups is 1. The van der Waals surface area contributed by atoms with Crippen LogP contribution in [-0.2, 0) is 4.79 Å². The minimum atomic E-state index is -1.12. The molecule has 1 rings (SSSR count). The molecule has 1 heterocycles. The lowest BCUT2D eigenvalue weighted by Gasteiger charge is -2.37. The van der Waals surface area contributed by atoms with Crippen molar-refractivity contribution in [2.75, 3.05) is 25.4 Å². The van der Waals surface area contributed by atoms with Gasteiger partial charge < -0.3 is 20.4 Å². The number of carbonyl (C=O) groups excluding carboxylic acids is 1. The highest BCUT2D eigenvalue weighted by atomic mass is 32.2. The molecule has 1 saturated heterocycles. The van der Waals surface area contributed by atoms with Crippen molar-refractivity contribution in [3.63, 3.8) is 0 Å². The van der Waals surface area contributed by atoms with E-state index in [2.05, 4.69) is 19.2 Å². The number of aliphatic carboxylic acids is 1. The molecule has 1 aliphatic heterocycles. The fraction of sp³-hybridized carbons (Fsp3) is 0.818. The van der Waals surface area contributed by atoms with E-state index < -0.39 is 12.0 Å². The molecule has 0 aromatic heterocycles. The number of hydrogen-bond donors (Lipinski definition) is 3. The van der Waals surface area contributed by atoms with E-state index in [-0.39, 0.29) is 23.8 Å². The van der Waals surface area contributed by atoms with Crippen LogP contribution in [0.4, 0.5) is 4.79 Å². The summed E-state index contributed by atoms with van der Waals surface area (Å²) >= 11 is 1.80. The Kier molecular flexibility index (Phi) is 5.28. The number of carboxylic acids is 1. The zero-order chi connectivity index (χ0) is 13.8. The van der Waals surface area contributed by atoms with Gasteiger partial charge in [-0.2, -0.15) is 11.8 Å². The van der Waals surface area contributed by atoms with Gasteiger partial charge >= 0.3 is 12.0 Å². The number of carboxylic acid groups (broad SMARTS) is 1. The number of rotatable bonds is 4. The topological polar surface area (TPSA) is 89.9 Å². The maximum absolute atomic E-state index is 11.9. The van der Waals surface area contributed by atoms with E-state index in [1.54, 1.807) is 16.7 Å². The van der Waals surface area contributed by atoms with Crippen molar-refractivity contribution in [2.24, 2.45) is 0 Å². The van der Waals surface area contributed by atoms with Gasteiger partial charge in [-0.25, -0.2) is 9.59 Å². The van der Waals surface area contributed by atoms with E-state index in [4.69, 9.17) is 10.2 Å². The Morgan fingerprint density at radius 2 is 2.17 bits per heavy atom. The van der Waals surface area contributed by atoms with Crippen LogP contribution in [0.15, 0.2) is 0 Å². The molecule has 0 aliphatic carbocycles. The number of nitrogens with zero attached hydrogens (tertiary/aromatic N) is 1. The summed E-state index contributed by atoms with van der Waals surface area (Å²) in [4.78, 5) is 24.5. The number of urea groups is 1. The molecule has 3 N–H and O–H groups in total. The van der Waals surface area contributed by atoms with Gasteiger partial charge in [-0.05, 0) is 13.8 Å². The summed E-state index contributed by atoms with van der Waals surface area (Å²) in [5.41, 5.74) is 0. The quantitative estimate of drug-likeness (QED) is 0.690.